The summed E-state index contributed by atoms with van der Waals surface area (Å²) in [4.78, 5) is 27.4. The predicted molar refractivity (Wildman–Crippen MR) is 103 cm³/mol. The minimum absolute atomic E-state index is 0.0516. The molecule has 5 nitrogen and oxygen atoms in total. The first-order chi connectivity index (χ1) is 12.7. The molecular formula is C22H21NO4. The molecule has 0 saturated heterocycles. The van der Waals surface area contributed by atoms with Crippen LogP contribution in [0.3, 0.4) is 0 Å². The minimum atomic E-state index is -0.492. The second-order valence-corrected chi connectivity index (χ2v) is 7.33. The summed E-state index contributed by atoms with van der Waals surface area (Å²) in [7, 11) is 0. The molecule has 5 heteroatoms. The Balaban J connectivity index is 1.81. The average Bonchev–Trinajstić information content (AvgIpc) is 2.96. The largest absolute Gasteiger partial charge is 0.427 e. The van der Waals surface area contributed by atoms with Crippen molar-refractivity contribution in [3.63, 3.8) is 0 Å². The molecule has 138 valence electrons. The van der Waals surface area contributed by atoms with Gasteiger partial charge in [-0.25, -0.2) is 9.79 Å². The van der Waals surface area contributed by atoms with Crippen LogP contribution >= 0.6 is 0 Å². The number of nitrogens with zero attached hydrogens (tertiary/aromatic N) is 1. The van der Waals surface area contributed by atoms with Crippen molar-refractivity contribution in [3.8, 4) is 5.75 Å². The Labute approximate surface area is 158 Å². The number of hydrogen-bond acceptors (Lipinski definition) is 5. The average molecular weight is 363 g/mol. The summed E-state index contributed by atoms with van der Waals surface area (Å²) < 4.78 is 10.3. The van der Waals surface area contributed by atoms with Crippen molar-refractivity contribution >= 4 is 23.9 Å². The van der Waals surface area contributed by atoms with Gasteiger partial charge in [-0.3, -0.25) is 4.79 Å². The molecule has 1 aliphatic rings. The van der Waals surface area contributed by atoms with E-state index in [0.29, 0.717) is 11.6 Å². The molecule has 0 N–H and O–H groups in total. The van der Waals surface area contributed by atoms with Crippen molar-refractivity contribution in [3.05, 3.63) is 70.9 Å². The number of hydrogen-bond donors (Lipinski definition) is 0. The van der Waals surface area contributed by atoms with Crippen LogP contribution in [0, 0.1) is 0 Å². The number of cyclic esters (lactones) is 1. The van der Waals surface area contributed by atoms with E-state index in [2.05, 4.69) is 25.8 Å². The van der Waals surface area contributed by atoms with Gasteiger partial charge in [0.15, 0.2) is 5.70 Å². The summed E-state index contributed by atoms with van der Waals surface area (Å²) in [6.45, 7) is 7.77. The lowest BCUT2D eigenvalue weighted by atomic mass is 9.87. The summed E-state index contributed by atoms with van der Waals surface area (Å²) in [5, 5.41) is 0. The van der Waals surface area contributed by atoms with E-state index in [-0.39, 0.29) is 17.1 Å². The molecule has 2 aromatic rings. The van der Waals surface area contributed by atoms with Gasteiger partial charge in [0.2, 0.25) is 5.90 Å². The lowest BCUT2D eigenvalue weighted by Crippen LogP contribution is -2.11. The summed E-state index contributed by atoms with van der Waals surface area (Å²) in [6.07, 6.45) is 1.64. The van der Waals surface area contributed by atoms with Crippen molar-refractivity contribution in [2.24, 2.45) is 4.99 Å². The molecule has 0 amide bonds. The number of carbonyl (C=O) groups excluding carboxylic acids is 2. The molecular weight excluding hydrogens is 342 g/mol. The van der Waals surface area contributed by atoms with Gasteiger partial charge in [-0.1, -0.05) is 45.0 Å². The lowest BCUT2D eigenvalue weighted by molar-refractivity contribution is -0.132. The van der Waals surface area contributed by atoms with E-state index in [9.17, 15) is 9.59 Å². The topological polar surface area (TPSA) is 65.0 Å². The zero-order valence-electron chi connectivity index (χ0n) is 15.8. The normalized spacial score (nSPS) is 15.5. The van der Waals surface area contributed by atoms with Gasteiger partial charge in [0, 0.05) is 12.5 Å². The first-order valence-corrected chi connectivity index (χ1v) is 8.64. The number of aliphatic imine (C=N–C) groups is 1. The molecule has 0 atom stereocenters. The molecule has 0 radical (unpaired) electrons. The molecule has 1 heterocycles. The van der Waals surface area contributed by atoms with Crippen LogP contribution in [0.15, 0.2) is 59.2 Å². The zero-order valence-corrected chi connectivity index (χ0v) is 15.8. The quantitative estimate of drug-likeness (QED) is 0.464. The van der Waals surface area contributed by atoms with Gasteiger partial charge < -0.3 is 9.47 Å². The van der Waals surface area contributed by atoms with Crippen LogP contribution in [0.5, 0.6) is 5.75 Å². The van der Waals surface area contributed by atoms with Gasteiger partial charge in [0.05, 0.1) is 0 Å². The Morgan fingerprint density at radius 2 is 1.67 bits per heavy atom. The Morgan fingerprint density at radius 1 is 1.04 bits per heavy atom. The van der Waals surface area contributed by atoms with E-state index in [1.807, 2.05) is 24.3 Å². The van der Waals surface area contributed by atoms with Crippen molar-refractivity contribution in [2.45, 2.75) is 33.1 Å². The summed E-state index contributed by atoms with van der Waals surface area (Å²) >= 11 is 0. The predicted octanol–water partition coefficient (Wildman–Crippen LogP) is 4.25. The van der Waals surface area contributed by atoms with Gasteiger partial charge in [-0.2, -0.15) is 0 Å². The zero-order chi connectivity index (χ0) is 19.6. The highest BCUT2D eigenvalue weighted by Crippen LogP contribution is 2.24. The standard InChI is InChI=1S/C22H21NO4/c1-14(24)26-18-11-5-15(6-12-18)13-19-21(25)27-20(23-19)16-7-9-17(10-8-16)22(2,3)4/h5-13H,1-4H3/b19-13-. The minimum Gasteiger partial charge on any atom is -0.427 e. The third-order valence-corrected chi connectivity index (χ3v) is 4.06. The van der Waals surface area contributed by atoms with E-state index >= 15 is 0 Å². The second-order valence-electron chi connectivity index (χ2n) is 7.33. The molecule has 2 aromatic carbocycles. The maximum Gasteiger partial charge on any atom is 0.363 e. The first-order valence-electron chi connectivity index (χ1n) is 8.64. The van der Waals surface area contributed by atoms with Crippen LogP contribution in [0.4, 0.5) is 0 Å². The van der Waals surface area contributed by atoms with Crippen LogP contribution < -0.4 is 4.74 Å². The van der Waals surface area contributed by atoms with E-state index in [1.165, 1.54) is 12.5 Å². The number of carbonyl (C=O) groups is 2. The summed E-state index contributed by atoms with van der Waals surface area (Å²) in [5.41, 5.74) is 2.98. The van der Waals surface area contributed by atoms with E-state index in [4.69, 9.17) is 9.47 Å². The fourth-order valence-corrected chi connectivity index (χ4v) is 2.60. The van der Waals surface area contributed by atoms with Crippen molar-refractivity contribution in [1.29, 1.82) is 0 Å². The van der Waals surface area contributed by atoms with Gasteiger partial charge in [0.1, 0.15) is 5.75 Å². The third kappa shape index (κ3) is 4.50. The number of benzene rings is 2. The number of ether oxygens (including phenoxy) is 2. The van der Waals surface area contributed by atoms with Crippen LogP contribution in [-0.2, 0) is 19.7 Å². The Hall–Kier alpha value is -3.21. The van der Waals surface area contributed by atoms with Crippen LogP contribution in [0.2, 0.25) is 0 Å². The molecule has 0 spiro atoms. The molecule has 3 rings (SSSR count). The molecule has 27 heavy (non-hydrogen) atoms. The highest BCUT2D eigenvalue weighted by Gasteiger charge is 2.24. The van der Waals surface area contributed by atoms with Crippen LogP contribution in [0.25, 0.3) is 6.08 Å². The fourth-order valence-electron chi connectivity index (χ4n) is 2.60. The maximum absolute atomic E-state index is 12.1. The fraction of sp³-hybridized carbons (Fsp3) is 0.227. The third-order valence-electron chi connectivity index (χ3n) is 4.06. The maximum atomic E-state index is 12.1. The number of esters is 2. The molecule has 0 aromatic heterocycles. The van der Waals surface area contributed by atoms with Crippen LogP contribution in [0.1, 0.15) is 44.4 Å². The van der Waals surface area contributed by atoms with E-state index < -0.39 is 5.97 Å². The van der Waals surface area contributed by atoms with E-state index in [1.54, 1.807) is 30.3 Å². The van der Waals surface area contributed by atoms with E-state index in [0.717, 1.165) is 11.1 Å². The van der Waals surface area contributed by atoms with Crippen molar-refractivity contribution in [2.75, 3.05) is 0 Å². The van der Waals surface area contributed by atoms with Gasteiger partial charge in [-0.15, -0.1) is 0 Å². The second kappa shape index (κ2) is 7.19. The lowest BCUT2D eigenvalue weighted by Gasteiger charge is -2.18. The van der Waals surface area contributed by atoms with Crippen LogP contribution in [-0.4, -0.2) is 17.8 Å². The van der Waals surface area contributed by atoms with Gasteiger partial charge in [-0.05, 0) is 46.9 Å². The number of rotatable bonds is 3. The molecule has 0 unspecified atom stereocenters. The Morgan fingerprint density at radius 3 is 2.22 bits per heavy atom. The molecule has 1 aliphatic heterocycles. The SMILES string of the molecule is CC(=O)Oc1ccc(/C=C2\N=C(c3ccc(C(C)(C)C)cc3)OC2=O)cc1. The molecule has 0 aliphatic carbocycles. The van der Waals surface area contributed by atoms with Crippen molar-refractivity contribution in [1.82, 2.24) is 0 Å². The van der Waals surface area contributed by atoms with Crippen molar-refractivity contribution < 1.29 is 19.1 Å². The Kier molecular flexibility index (Phi) is 4.95. The molecule has 0 saturated carbocycles. The Bertz CT molecular complexity index is 930. The first kappa shape index (κ1) is 18.6. The highest BCUT2D eigenvalue weighted by molar-refractivity contribution is 6.12. The summed E-state index contributed by atoms with van der Waals surface area (Å²) in [5.74, 6) is -0.133. The van der Waals surface area contributed by atoms with Gasteiger partial charge in [0.25, 0.3) is 0 Å². The monoisotopic (exact) mass is 363 g/mol. The molecule has 0 bridgehead atoms. The highest BCUT2D eigenvalue weighted by atomic mass is 16.6. The summed E-state index contributed by atoms with van der Waals surface area (Å²) in [6, 6.07) is 14.6. The smallest absolute Gasteiger partial charge is 0.363 e. The van der Waals surface area contributed by atoms with Gasteiger partial charge >= 0.3 is 11.9 Å². The molecule has 0 fully saturated rings.